The summed E-state index contributed by atoms with van der Waals surface area (Å²) in [6.07, 6.45) is 11.9. The van der Waals surface area contributed by atoms with Gasteiger partial charge in [0.15, 0.2) is 0 Å². The van der Waals surface area contributed by atoms with Crippen molar-refractivity contribution in [2.24, 2.45) is 0 Å². The highest BCUT2D eigenvalue weighted by atomic mass is 32.2. The first-order chi connectivity index (χ1) is 6.85. The van der Waals surface area contributed by atoms with Crippen LogP contribution in [0.2, 0.25) is 0 Å². The lowest BCUT2D eigenvalue weighted by atomic mass is 10.0. The van der Waals surface area contributed by atoms with Crippen molar-refractivity contribution in [1.82, 2.24) is 5.32 Å². The zero-order valence-corrected chi connectivity index (χ0v) is 11.0. The monoisotopic (exact) mass is 217 g/mol. The van der Waals surface area contributed by atoms with Gasteiger partial charge in [-0.2, -0.15) is 11.8 Å². The minimum absolute atomic E-state index is 0.754. The van der Waals surface area contributed by atoms with E-state index in [0.29, 0.717) is 0 Å². The molecule has 0 fully saturated rings. The Hall–Kier alpha value is 0.310. The third-order valence-electron chi connectivity index (χ3n) is 2.73. The summed E-state index contributed by atoms with van der Waals surface area (Å²) in [7, 11) is 2.09. The van der Waals surface area contributed by atoms with Crippen LogP contribution in [0.15, 0.2) is 0 Å². The Morgan fingerprint density at radius 2 is 1.79 bits per heavy atom. The highest BCUT2D eigenvalue weighted by Gasteiger charge is 2.04. The smallest absolute Gasteiger partial charge is 0.00719 e. The van der Waals surface area contributed by atoms with Gasteiger partial charge in [0.2, 0.25) is 0 Å². The summed E-state index contributed by atoms with van der Waals surface area (Å²) in [6.45, 7) is 2.27. The average molecular weight is 217 g/mol. The first kappa shape index (κ1) is 14.3. The van der Waals surface area contributed by atoms with Crippen LogP contribution in [0.25, 0.3) is 0 Å². The van der Waals surface area contributed by atoms with Crippen LogP contribution < -0.4 is 5.32 Å². The van der Waals surface area contributed by atoms with Gasteiger partial charge in [-0.1, -0.05) is 39.0 Å². The predicted molar refractivity (Wildman–Crippen MR) is 69.2 cm³/mol. The van der Waals surface area contributed by atoms with Crippen molar-refractivity contribution in [2.75, 3.05) is 19.1 Å². The first-order valence-corrected chi connectivity index (χ1v) is 7.40. The van der Waals surface area contributed by atoms with Crippen molar-refractivity contribution in [3.63, 3.8) is 0 Å². The van der Waals surface area contributed by atoms with Crippen LogP contribution in [0, 0.1) is 0 Å². The summed E-state index contributed by atoms with van der Waals surface area (Å²) in [5, 5.41) is 3.41. The van der Waals surface area contributed by atoms with Crippen molar-refractivity contribution >= 4 is 11.8 Å². The quantitative estimate of drug-likeness (QED) is 0.560. The van der Waals surface area contributed by atoms with E-state index >= 15 is 0 Å². The first-order valence-electron chi connectivity index (χ1n) is 6.01. The summed E-state index contributed by atoms with van der Waals surface area (Å²) in [4.78, 5) is 0. The molecule has 1 atom stereocenters. The molecule has 0 heterocycles. The van der Waals surface area contributed by atoms with Gasteiger partial charge >= 0.3 is 0 Å². The Kier molecular flexibility index (Phi) is 11.6. The molecule has 2 heteroatoms. The van der Waals surface area contributed by atoms with Crippen LogP contribution in [0.5, 0.6) is 0 Å². The Morgan fingerprint density at radius 3 is 2.36 bits per heavy atom. The number of hydrogen-bond acceptors (Lipinski definition) is 2. The van der Waals surface area contributed by atoms with Gasteiger partial charge < -0.3 is 5.32 Å². The van der Waals surface area contributed by atoms with Crippen LogP contribution in [-0.2, 0) is 0 Å². The molecule has 0 bridgehead atoms. The summed E-state index contributed by atoms with van der Waals surface area (Å²) in [5.74, 6) is 1.29. The molecule has 0 aromatic rings. The van der Waals surface area contributed by atoms with E-state index in [4.69, 9.17) is 0 Å². The Balaban J connectivity index is 3.24. The molecule has 86 valence electrons. The maximum atomic E-state index is 3.41. The SMILES string of the molecule is CCCCCCCC(CCSC)NC. The molecule has 0 radical (unpaired) electrons. The Bertz CT molecular complexity index is 106. The van der Waals surface area contributed by atoms with Crippen LogP contribution >= 0.6 is 11.8 Å². The maximum absolute atomic E-state index is 3.41. The van der Waals surface area contributed by atoms with E-state index in [0.717, 1.165) is 6.04 Å². The molecule has 0 aromatic carbocycles. The molecule has 0 amide bonds. The molecular weight excluding hydrogens is 190 g/mol. The van der Waals surface area contributed by atoms with Gasteiger partial charge in [0.1, 0.15) is 0 Å². The van der Waals surface area contributed by atoms with Crippen molar-refractivity contribution in [2.45, 2.75) is 57.9 Å². The van der Waals surface area contributed by atoms with Gasteiger partial charge in [0, 0.05) is 6.04 Å². The molecular formula is C12H27NS. The number of unbranched alkanes of at least 4 members (excludes halogenated alkanes) is 4. The second kappa shape index (κ2) is 11.4. The van der Waals surface area contributed by atoms with Crippen LogP contribution in [0.4, 0.5) is 0 Å². The number of nitrogens with one attached hydrogen (secondary N) is 1. The summed E-state index contributed by atoms with van der Waals surface area (Å²) in [6, 6.07) is 0.754. The molecule has 0 aliphatic rings. The third-order valence-corrected chi connectivity index (χ3v) is 3.38. The predicted octanol–water partition coefficient (Wildman–Crippen LogP) is 3.69. The number of thioether (sulfide) groups is 1. The van der Waals surface area contributed by atoms with E-state index in [2.05, 4.69) is 25.5 Å². The maximum Gasteiger partial charge on any atom is 0.00719 e. The van der Waals surface area contributed by atoms with Crippen LogP contribution in [0.1, 0.15) is 51.9 Å². The molecule has 14 heavy (non-hydrogen) atoms. The lowest BCUT2D eigenvalue weighted by Gasteiger charge is -2.15. The topological polar surface area (TPSA) is 12.0 Å². The number of hydrogen-bond donors (Lipinski definition) is 1. The standard InChI is InChI=1S/C12H27NS/c1-4-5-6-7-8-9-12(13-2)10-11-14-3/h12-13H,4-11H2,1-3H3. The minimum Gasteiger partial charge on any atom is -0.317 e. The molecule has 0 saturated heterocycles. The van der Waals surface area contributed by atoms with Crippen LogP contribution in [0.3, 0.4) is 0 Å². The summed E-state index contributed by atoms with van der Waals surface area (Å²) >= 11 is 1.95. The van der Waals surface area contributed by atoms with E-state index in [1.54, 1.807) is 0 Å². The fraction of sp³-hybridized carbons (Fsp3) is 1.00. The third kappa shape index (κ3) is 8.89. The normalized spacial score (nSPS) is 13.1. The second-order valence-electron chi connectivity index (χ2n) is 3.97. The molecule has 1 nitrogen and oxygen atoms in total. The van der Waals surface area contributed by atoms with Crippen LogP contribution in [-0.4, -0.2) is 25.1 Å². The molecule has 1 N–H and O–H groups in total. The van der Waals surface area contributed by atoms with Gasteiger partial charge in [-0.05, 0) is 31.9 Å². The molecule has 0 aliphatic heterocycles. The fourth-order valence-electron chi connectivity index (χ4n) is 1.69. The minimum atomic E-state index is 0.754. The number of rotatable bonds is 10. The van der Waals surface area contributed by atoms with Crippen molar-refractivity contribution < 1.29 is 0 Å². The summed E-state index contributed by atoms with van der Waals surface area (Å²) < 4.78 is 0. The lowest BCUT2D eigenvalue weighted by molar-refractivity contribution is 0.476. The van der Waals surface area contributed by atoms with Gasteiger partial charge in [-0.3, -0.25) is 0 Å². The van der Waals surface area contributed by atoms with Gasteiger partial charge in [0.25, 0.3) is 0 Å². The zero-order chi connectivity index (χ0) is 10.6. The van der Waals surface area contributed by atoms with E-state index in [1.165, 1.54) is 50.7 Å². The van der Waals surface area contributed by atoms with E-state index in [1.807, 2.05) is 11.8 Å². The van der Waals surface area contributed by atoms with Crippen molar-refractivity contribution in [3.05, 3.63) is 0 Å². The Labute approximate surface area is 94.4 Å². The highest BCUT2D eigenvalue weighted by Crippen LogP contribution is 2.10. The molecule has 0 rings (SSSR count). The second-order valence-corrected chi connectivity index (χ2v) is 4.96. The van der Waals surface area contributed by atoms with Gasteiger partial charge in [-0.25, -0.2) is 0 Å². The van der Waals surface area contributed by atoms with E-state index in [9.17, 15) is 0 Å². The lowest BCUT2D eigenvalue weighted by Crippen LogP contribution is -2.25. The molecule has 0 saturated carbocycles. The van der Waals surface area contributed by atoms with E-state index < -0.39 is 0 Å². The largest absolute Gasteiger partial charge is 0.317 e. The molecule has 0 aromatic heterocycles. The van der Waals surface area contributed by atoms with Crippen molar-refractivity contribution in [3.8, 4) is 0 Å². The Morgan fingerprint density at radius 1 is 1.07 bits per heavy atom. The average Bonchev–Trinajstić information content (AvgIpc) is 2.22. The van der Waals surface area contributed by atoms with Gasteiger partial charge in [-0.15, -0.1) is 0 Å². The zero-order valence-electron chi connectivity index (χ0n) is 10.1. The van der Waals surface area contributed by atoms with Crippen molar-refractivity contribution in [1.29, 1.82) is 0 Å². The molecule has 1 unspecified atom stereocenters. The summed E-state index contributed by atoms with van der Waals surface area (Å²) in [5.41, 5.74) is 0. The highest BCUT2D eigenvalue weighted by molar-refractivity contribution is 7.98. The fourth-order valence-corrected chi connectivity index (χ4v) is 2.21. The molecule has 0 spiro atoms. The molecule has 0 aliphatic carbocycles. The van der Waals surface area contributed by atoms with Gasteiger partial charge in [0.05, 0.1) is 0 Å². The van der Waals surface area contributed by atoms with E-state index in [-0.39, 0.29) is 0 Å².